The van der Waals surface area contributed by atoms with E-state index in [1.54, 1.807) is 39.1 Å². The maximum Gasteiger partial charge on any atom is 0.496 e. The van der Waals surface area contributed by atoms with Crippen molar-refractivity contribution >= 4 is 18.7 Å². The quantitative estimate of drug-likeness (QED) is 0.667. The molecule has 0 saturated carbocycles. The number of rotatable bonds is 5. The van der Waals surface area contributed by atoms with Gasteiger partial charge >= 0.3 is 13.2 Å². The van der Waals surface area contributed by atoms with E-state index in [9.17, 15) is 13.6 Å². The molecular weight excluding hydrogens is 429 g/mol. The molecule has 1 fully saturated rings. The number of hydrogen-bond donors (Lipinski definition) is 1. The number of carbonyl (C=O) groups excluding carboxylic acids is 1. The standard InChI is InChI=1S/C24H31BF2N2O4/c1-22(2,3)31-21(30)29-19(13-15-11-16(26)14-17(27)12-15)20-18(9-8-10-28-20)25-32-23(4,5)24(6,7)33-25/h8-12,14,19H,13H2,1-7H3,(H,29,30). The van der Waals surface area contributed by atoms with Crippen LogP contribution in [0.5, 0.6) is 0 Å². The first-order chi connectivity index (χ1) is 15.2. The fourth-order valence-electron chi connectivity index (χ4n) is 3.52. The molecule has 1 aromatic heterocycles. The van der Waals surface area contributed by atoms with Gasteiger partial charge in [0.1, 0.15) is 17.2 Å². The largest absolute Gasteiger partial charge is 0.496 e. The third-order valence-electron chi connectivity index (χ3n) is 5.76. The molecule has 0 spiro atoms. The number of pyridine rings is 1. The lowest BCUT2D eigenvalue weighted by Crippen LogP contribution is -2.43. The van der Waals surface area contributed by atoms with E-state index >= 15 is 0 Å². The van der Waals surface area contributed by atoms with Crippen molar-refractivity contribution in [3.8, 4) is 0 Å². The lowest BCUT2D eigenvalue weighted by atomic mass is 9.76. The predicted octanol–water partition coefficient (Wildman–Crippen LogP) is 4.47. The fourth-order valence-corrected chi connectivity index (χ4v) is 3.52. The SMILES string of the molecule is CC(C)(C)OC(=O)NC(Cc1cc(F)cc(F)c1)c1ncccc1B1OC(C)(C)C(C)(C)O1. The van der Waals surface area contributed by atoms with E-state index < -0.39 is 47.7 Å². The highest BCUT2D eigenvalue weighted by atomic mass is 19.1. The molecule has 1 atom stereocenters. The highest BCUT2D eigenvalue weighted by Crippen LogP contribution is 2.37. The lowest BCUT2D eigenvalue weighted by Gasteiger charge is -2.32. The molecule has 33 heavy (non-hydrogen) atoms. The molecule has 2 aromatic rings. The van der Waals surface area contributed by atoms with Gasteiger partial charge in [0.2, 0.25) is 0 Å². The molecule has 1 aromatic carbocycles. The minimum absolute atomic E-state index is 0.0808. The number of alkyl carbamates (subject to hydrolysis) is 1. The summed E-state index contributed by atoms with van der Waals surface area (Å²) in [5.41, 5.74) is -0.437. The molecule has 0 bridgehead atoms. The van der Waals surface area contributed by atoms with Gasteiger partial charge in [0.25, 0.3) is 0 Å². The van der Waals surface area contributed by atoms with Crippen molar-refractivity contribution in [2.24, 2.45) is 0 Å². The molecule has 178 valence electrons. The summed E-state index contributed by atoms with van der Waals surface area (Å²) in [6, 6.07) is 6.05. The zero-order valence-electron chi connectivity index (χ0n) is 20.2. The highest BCUT2D eigenvalue weighted by molar-refractivity contribution is 6.62. The Bertz CT molecular complexity index is 988. The third kappa shape index (κ3) is 6.09. The normalized spacial score (nSPS) is 18.2. The van der Waals surface area contributed by atoms with Gasteiger partial charge in [0.15, 0.2) is 0 Å². The molecule has 1 N–H and O–H groups in total. The Labute approximate surface area is 194 Å². The van der Waals surface area contributed by atoms with Crippen LogP contribution in [0.4, 0.5) is 13.6 Å². The first-order valence-corrected chi connectivity index (χ1v) is 10.9. The highest BCUT2D eigenvalue weighted by Gasteiger charge is 2.52. The van der Waals surface area contributed by atoms with Crippen LogP contribution < -0.4 is 10.8 Å². The van der Waals surface area contributed by atoms with Gasteiger partial charge in [0, 0.05) is 17.7 Å². The van der Waals surface area contributed by atoms with Gasteiger partial charge in [-0.3, -0.25) is 4.98 Å². The van der Waals surface area contributed by atoms with E-state index in [0.717, 1.165) is 6.07 Å². The number of amides is 1. The molecule has 9 heteroatoms. The van der Waals surface area contributed by atoms with Crippen molar-refractivity contribution in [2.45, 2.75) is 77.7 Å². The second-order valence-electron chi connectivity index (χ2n) is 10.2. The monoisotopic (exact) mass is 460 g/mol. The summed E-state index contributed by atoms with van der Waals surface area (Å²) in [7, 11) is -0.731. The molecule has 0 radical (unpaired) electrons. The molecule has 1 aliphatic heterocycles. The molecule has 1 saturated heterocycles. The summed E-state index contributed by atoms with van der Waals surface area (Å²) in [5, 5.41) is 2.80. The minimum atomic E-state index is -0.753. The summed E-state index contributed by atoms with van der Waals surface area (Å²) in [5.74, 6) is -1.40. The fraction of sp³-hybridized carbons (Fsp3) is 0.500. The minimum Gasteiger partial charge on any atom is -0.444 e. The zero-order chi connectivity index (χ0) is 24.6. The second kappa shape index (κ2) is 9.03. The Morgan fingerprint density at radius 3 is 2.24 bits per heavy atom. The molecular formula is C24H31BF2N2O4. The average molecular weight is 460 g/mol. The number of halogens is 2. The summed E-state index contributed by atoms with van der Waals surface area (Å²) in [6.07, 6.45) is 0.993. The van der Waals surface area contributed by atoms with Gasteiger partial charge in [-0.2, -0.15) is 0 Å². The molecule has 6 nitrogen and oxygen atoms in total. The van der Waals surface area contributed by atoms with Gasteiger partial charge in [-0.05, 0) is 78.6 Å². The number of hydrogen-bond acceptors (Lipinski definition) is 5. The number of nitrogens with one attached hydrogen (secondary N) is 1. The van der Waals surface area contributed by atoms with E-state index in [4.69, 9.17) is 14.0 Å². The molecule has 3 rings (SSSR count). The smallest absolute Gasteiger partial charge is 0.444 e. The first-order valence-electron chi connectivity index (χ1n) is 10.9. The van der Waals surface area contributed by atoms with E-state index in [0.29, 0.717) is 16.7 Å². The summed E-state index contributed by atoms with van der Waals surface area (Å²) >= 11 is 0. The van der Waals surface area contributed by atoms with Crippen LogP contribution in [0, 0.1) is 11.6 Å². The molecule has 2 heterocycles. The maximum atomic E-state index is 13.9. The Kier molecular flexibility index (Phi) is 6.87. The average Bonchev–Trinajstić information content (AvgIpc) is 2.86. The summed E-state index contributed by atoms with van der Waals surface area (Å²) in [4.78, 5) is 17.1. The van der Waals surface area contributed by atoms with Gasteiger partial charge in [-0.25, -0.2) is 13.6 Å². The van der Waals surface area contributed by atoms with Crippen molar-refractivity contribution in [3.63, 3.8) is 0 Å². The number of ether oxygens (including phenoxy) is 1. The number of nitrogens with zero attached hydrogens (tertiary/aromatic N) is 1. The third-order valence-corrected chi connectivity index (χ3v) is 5.76. The Hall–Kier alpha value is -2.52. The molecule has 0 aliphatic carbocycles. The van der Waals surface area contributed by atoms with Crippen molar-refractivity contribution in [1.29, 1.82) is 0 Å². The summed E-state index contributed by atoms with van der Waals surface area (Å²) in [6.45, 7) is 13.0. The van der Waals surface area contributed by atoms with Gasteiger partial charge in [-0.1, -0.05) is 6.07 Å². The first kappa shape index (κ1) is 25.1. The van der Waals surface area contributed by atoms with E-state index in [2.05, 4.69) is 10.3 Å². The molecule has 1 amide bonds. The van der Waals surface area contributed by atoms with Crippen LogP contribution in [-0.2, 0) is 20.5 Å². The Morgan fingerprint density at radius 1 is 1.12 bits per heavy atom. The van der Waals surface area contributed by atoms with E-state index in [1.807, 2.05) is 27.7 Å². The maximum absolute atomic E-state index is 13.9. The lowest BCUT2D eigenvalue weighted by molar-refractivity contribution is 0.00578. The predicted molar refractivity (Wildman–Crippen MR) is 122 cm³/mol. The van der Waals surface area contributed by atoms with Crippen LogP contribution in [0.15, 0.2) is 36.5 Å². The summed E-state index contributed by atoms with van der Waals surface area (Å²) < 4.78 is 45.5. The van der Waals surface area contributed by atoms with Crippen molar-refractivity contribution in [2.75, 3.05) is 0 Å². The zero-order valence-corrected chi connectivity index (χ0v) is 20.2. The van der Waals surface area contributed by atoms with Crippen LogP contribution in [0.1, 0.15) is 65.8 Å². The Morgan fingerprint density at radius 2 is 1.70 bits per heavy atom. The number of benzene rings is 1. The molecule has 1 unspecified atom stereocenters. The Balaban J connectivity index is 1.99. The van der Waals surface area contributed by atoms with Crippen LogP contribution >= 0.6 is 0 Å². The number of carbonyl (C=O) groups is 1. The van der Waals surface area contributed by atoms with E-state index in [1.165, 1.54) is 12.1 Å². The number of aromatic nitrogens is 1. The van der Waals surface area contributed by atoms with Gasteiger partial charge < -0.3 is 19.4 Å². The van der Waals surface area contributed by atoms with Crippen molar-refractivity contribution in [3.05, 3.63) is 59.4 Å². The molecule has 1 aliphatic rings. The van der Waals surface area contributed by atoms with Crippen LogP contribution in [-0.4, -0.2) is 35.0 Å². The topological polar surface area (TPSA) is 69.7 Å². The van der Waals surface area contributed by atoms with Crippen LogP contribution in [0.3, 0.4) is 0 Å². The van der Waals surface area contributed by atoms with Gasteiger partial charge in [-0.15, -0.1) is 0 Å². The van der Waals surface area contributed by atoms with Gasteiger partial charge in [0.05, 0.1) is 22.9 Å². The second-order valence-corrected chi connectivity index (χ2v) is 10.2. The van der Waals surface area contributed by atoms with E-state index in [-0.39, 0.29) is 6.42 Å². The van der Waals surface area contributed by atoms with Crippen molar-refractivity contribution < 1.29 is 27.6 Å². The van der Waals surface area contributed by atoms with Crippen LogP contribution in [0.2, 0.25) is 0 Å². The van der Waals surface area contributed by atoms with Crippen molar-refractivity contribution in [1.82, 2.24) is 10.3 Å². The van der Waals surface area contributed by atoms with Crippen LogP contribution in [0.25, 0.3) is 0 Å².